The lowest BCUT2D eigenvalue weighted by molar-refractivity contribution is 0.0491. The molecule has 0 heterocycles. The number of nitrogens with zero attached hydrogens (tertiary/aromatic N) is 1. The van der Waals surface area contributed by atoms with Gasteiger partial charge in [-0.25, -0.2) is 4.79 Å². The van der Waals surface area contributed by atoms with Crippen LogP contribution in [0.15, 0.2) is 24.3 Å². The molecule has 0 unspecified atom stereocenters. The minimum absolute atomic E-state index is 0.0680. The number of likely N-dealkylation sites (N-methyl/N-ethyl adjacent to an activating group) is 1. The molecular weight excluding hydrogens is 280 g/mol. The van der Waals surface area contributed by atoms with E-state index in [1.54, 1.807) is 18.0 Å². The first-order chi connectivity index (χ1) is 10.1. The number of alkyl carbamates (subject to hydrolysis) is 1. The Morgan fingerprint density at radius 3 is 2.50 bits per heavy atom. The average molecular weight is 306 g/mol. The number of aryl methyl sites for hydroxylation is 1. The zero-order chi connectivity index (χ0) is 16.9. The molecule has 0 aliphatic heterocycles. The van der Waals surface area contributed by atoms with E-state index < -0.39 is 11.7 Å². The molecule has 0 bridgehead atoms. The Balaban J connectivity index is 2.55. The average Bonchev–Trinajstić information content (AvgIpc) is 2.34. The van der Waals surface area contributed by atoms with Crippen LogP contribution < -0.4 is 5.32 Å². The van der Waals surface area contributed by atoms with Crippen LogP contribution in [0, 0.1) is 6.92 Å². The molecule has 5 heteroatoms. The van der Waals surface area contributed by atoms with Gasteiger partial charge in [-0.1, -0.05) is 17.7 Å². The molecule has 1 N–H and O–H groups in total. The highest BCUT2D eigenvalue weighted by Crippen LogP contribution is 2.09. The fourth-order valence-corrected chi connectivity index (χ4v) is 2.05. The standard InChI is InChI=1S/C17H26N2O3/c1-12-8-7-9-14(10-12)15(20)19(6)11-13(2)18-16(21)22-17(3,4)5/h7-10,13H,11H2,1-6H3,(H,18,21)/t13-/m0/s1. The van der Waals surface area contributed by atoms with Gasteiger partial charge in [-0.2, -0.15) is 0 Å². The first kappa shape index (κ1) is 18.0. The normalized spacial score (nSPS) is 12.5. The van der Waals surface area contributed by atoms with Crippen LogP contribution >= 0.6 is 0 Å². The van der Waals surface area contributed by atoms with Crippen molar-refractivity contribution < 1.29 is 14.3 Å². The number of amides is 2. The molecule has 0 radical (unpaired) electrons. The van der Waals surface area contributed by atoms with Crippen molar-refractivity contribution >= 4 is 12.0 Å². The van der Waals surface area contributed by atoms with Crippen molar-refractivity contribution in [2.45, 2.75) is 46.3 Å². The molecule has 22 heavy (non-hydrogen) atoms. The summed E-state index contributed by atoms with van der Waals surface area (Å²) in [6, 6.07) is 7.25. The van der Waals surface area contributed by atoms with Crippen LogP contribution in [0.25, 0.3) is 0 Å². The summed E-state index contributed by atoms with van der Waals surface area (Å²) in [5.74, 6) is -0.0680. The molecule has 1 atom stereocenters. The Morgan fingerprint density at radius 1 is 1.32 bits per heavy atom. The topological polar surface area (TPSA) is 58.6 Å². The van der Waals surface area contributed by atoms with E-state index in [0.717, 1.165) is 5.56 Å². The highest BCUT2D eigenvalue weighted by molar-refractivity contribution is 5.94. The number of hydrogen-bond donors (Lipinski definition) is 1. The van der Waals surface area contributed by atoms with Gasteiger partial charge >= 0.3 is 6.09 Å². The van der Waals surface area contributed by atoms with Gasteiger partial charge in [-0.15, -0.1) is 0 Å². The Morgan fingerprint density at radius 2 is 1.95 bits per heavy atom. The van der Waals surface area contributed by atoms with Crippen molar-refractivity contribution in [2.75, 3.05) is 13.6 Å². The van der Waals surface area contributed by atoms with Gasteiger partial charge in [-0.05, 0) is 46.8 Å². The van der Waals surface area contributed by atoms with E-state index in [0.29, 0.717) is 12.1 Å². The molecule has 0 fully saturated rings. The van der Waals surface area contributed by atoms with Gasteiger partial charge in [0.1, 0.15) is 5.60 Å². The minimum Gasteiger partial charge on any atom is -0.444 e. The lowest BCUT2D eigenvalue weighted by Crippen LogP contribution is -2.44. The van der Waals surface area contributed by atoms with Gasteiger partial charge in [0.05, 0.1) is 0 Å². The fraction of sp³-hybridized carbons (Fsp3) is 0.529. The molecule has 0 saturated heterocycles. The molecule has 0 aliphatic rings. The van der Waals surface area contributed by atoms with Crippen molar-refractivity contribution in [3.05, 3.63) is 35.4 Å². The summed E-state index contributed by atoms with van der Waals surface area (Å²) in [6.07, 6.45) is -0.476. The van der Waals surface area contributed by atoms with E-state index in [4.69, 9.17) is 4.74 Å². The number of ether oxygens (including phenoxy) is 1. The second-order valence-electron chi connectivity index (χ2n) is 6.60. The predicted octanol–water partition coefficient (Wildman–Crippen LogP) is 2.98. The fourth-order valence-electron chi connectivity index (χ4n) is 2.05. The molecule has 1 aromatic carbocycles. The van der Waals surface area contributed by atoms with Crippen LogP contribution in [0.4, 0.5) is 4.79 Å². The third kappa shape index (κ3) is 6.16. The van der Waals surface area contributed by atoms with E-state index in [-0.39, 0.29) is 11.9 Å². The summed E-state index contributed by atoms with van der Waals surface area (Å²) in [5.41, 5.74) is 1.15. The molecule has 0 aliphatic carbocycles. The molecule has 0 saturated carbocycles. The Kier molecular flexibility index (Phi) is 5.97. The van der Waals surface area contributed by atoms with Crippen LogP contribution in [0.3, 0.4) is 0 Å². The predicted molar refractivity (Wildman–Crippen MR) is 87.0 cm³/mol. The largest absolute Gasteiger partial charge is 0.444 e. The summed E-state index contributed by atoms with van der Waals surface area (Å²) in [7, 11) is 1.72. The van der Waals surface area contributed by atoms with E-state index in [1.165, 1.54) is 0 Å². The second-order valence-corrected chi connectivity index (χ2v) is 6.60. The van der Waals surface area contributed by atoms with Crippen molar-refractivity contribution in [3.8, 4) is 0 Å². The van der Waals surface area contributed by atoms with Crippen molar-refractivity contribution in [3.63, 3.8) is 0 Å². The Hall–Kier alpha value is -2.04. The highest BCUT2D eigenvalue weighted by Gasteiger charge is 2.19. The van der Waals surface area contributed by atoms with Crippen LogP contribution in [-0.2, 0) is 4.74 Å². The van der Waals surface area contributed by atoms with Gasteiger partial charge in [0.15, 0.2) is 0 Å². The van der Waals surface area contributed by atoms with E-state index >= 15 is 0 Å². The third-order valence-electron chi connectivity index (χ3n) is 2.92. The lowest BCUT2D eigenvalue weighted by atomic mass is 10.1. The number of carbonyl (C=O) groups excluding carboxylic acids is 2. The van der Waals surface area contributed by atoms with Gasteiger partial charge < -0.3 is 15.0 Å². The molecule has 122 valence electrons. The summed E-state index contributed by atoms with van der Waals surface area (Å²) in [6.45, 7) is 9.62. The van der Waals surface area contributed by atoms with Gasteiger partial charge in [0.2, 0.25) is 0 Å². The number of rotatable bonds is 4. The highest BCUT2D eigenvalue weighted by atomic mass is 16.6. The van der Waals surface area contributed by atoms with E-state index in [9.17, 15) is 9.59 Å². The quantitative estimate of drug-likeness (QED) is 0.930. The van der Waals surface area contributed by atoms with Crippen LogP contribution in [0.2, 0.25) is 0 Å². The summed E-state index contributed by atoms with van der Waals surface area (Å²) in [5, 5.41) is 2.73. The smallest absolute Gasteiger partial charge is 0.407 e. The Labute approximate surface area is 132 Å². The van der Waals surface area contributed by atoms with Gasteiger partial charge in [0, 0.05) is 25.2 Å². The van der Waals surface area contributed by atoms with E-state index in [2.05, 4.69) is 5.32 Å². The molecule has 0 spiro atoms. The second kappa shape index (κ2) is 7.29. The zero-order valence-corrected chi connectivity index (χ0v) is 14.3. The molecule has 5 nitrogen and oxygen atoms in total. The minimum atomic E-state index is -0.535. The van der Waals surface area contributed by atoms with Crippen LogP contribution in [-0.4, -0.2) is 42.1 Å². The van der Waals surface area contributed by atoms with Crippen molar-refractivity contribution in [2.24, 2.45) is 0 Å². The molecule has 1 aromatic rings. The maximum Gasteiger partial charge on any atom is 0.407 e. The SMILES string of the molecule is Cc1cccc(C(=O)N(C)C[C@H](C)NC(=O)OC(C)(C)C)c1. The number of carbonyl (C=O) groups is 2. The summed E-state index contributed by atoms with van der Waals surface area (Å²) in [4.78, 5) is 25.6. The monoisotopic (exact) mass is 306 g/mol. The van der Waals surface area contributed by atoms with Crippen LogP contribution in [0.1, 0.15) is 43.6 Å². The first-order valence-corrected chi connectivity index (χ1v) is 7.40. The maximum absolute atomic E-state index is 12.3. The zero-order valence-electron chi connectivity index (χ0n) is 14.3. The third-order valence-corrected chi connectivity index (χ3v) is 2.92. The summed E-state index contributed by atoms with van der Waals surface area (Å²) < 4.78 is 5.20. The van der Waals surface area contributed by atoms with Crippen LogP contribution in [0.5, 0.6) is 0 Å². The first-order valence-electron chi connectivity index (χ1n) is 7.40. The van der Waals surface area contributed by atoms with Crippen molar-refractivity contribution in [1.82, 2.24) is 10.2 Å². The van der Waals surface area contributed by atoms with E-state index in [1.807, 2.05) is 52.8 Å². The lowest BCUT2D eigenvalue weighted by Gasteiger charge is -2.25. The number of hydrogen-bond acceptors (Lipinski definition) is 3. The van der Waals surface area contributed by atoms with Gasteiger partial charge in [-0.3, -0.25) is 4.79 Å². The molecular formula is C17H26N2O3. The van der Waals surface area contributed by atoms with Gasteiger partial charge in [0.25, 0.3) is 5.91 Å². The molecule has 1 rings (SSSR count). The molecule has 2 amide bonds. The maximum atomic E-state index is 12.3. The molecule has 0 aromatic heterocycles. The number of benzene rings is 1. The number of nitrogens with one attached hydrogen (secondary N) is 1. The Bertz CT molecular complexity index is 535. The summed E-state index contributed by atoms with van der Waals surface area (Å²) >= 11 is 0. The van der Waals surface area contributed by atoms with Crippen molar-refractivity contribution in [1.29, 1.82) is 0 Å².